The summed E-state index contributed by atoms with van der Waals surface area (Å²) in [7, 11) is 0. The van der Waals surface area contributed by atoms with Gasteiger partial charge >= 0.3 is 0 Å². The summed E-state index contributed by atoms with van der Waals surface area (Å²) in [6, 6.07) is 21.7. The average Bonchev–Trinajstić information content (AvgIpc) is 3.25. The second kappa shape index (κ2) is 10.4. The van der Waals surface area contributed by atoms with Crippen molar-refractivity contribution in [3.05, 3.63) is 113 Å². The van der Waals surface area contributed by atoms with Crippen LogP contribution in [0.15, 0.2) is 85.3 Å². The maximum Gasteiger partial charge on any atom is 0.255 e. The lowest BCUT2D eigenvalue weighted by Gasteiger charge is -2.10. The third-order valence-corrected chi connectivity index (χ3v) is 5.21. The molecule has 0 bridgehead atoms. The van der Waals surface area contributed by atoms with Crippen LogP contribution in [0.2, 0.25) is 0 Å². The molecule has 6 nitrogen and oxygen atoms in total. The minimum absolute atomic E-state index is 0.113. The molecule has 0 saturated carbocycles. The molecular weight excluding hydrogens is 400 g/mol. The number of rotatable bonds is 9. The summed E-state index contributed by atoms with van der Waals surface area (Å²) < 4.78 is 7.69. The molecule has 1 N–H and O–H groups in total. The third kappa shape index (κ3) is 5.40. The number of ether oxygens (including phenoxy) is 1. The van der Waals surface area contributed by atoms with Crippen molar-refractivity contribution >= 4 is 5.91 Å². The highest BCUT2D eigenvalue weighted by Crippen LogP contribution is 2.15. The van der Waals surface area contributed by atoms with Gasteiger partial charge in [0.05, 0.1) is 24.0 Å². The summed E-state index contributed by atoms with van der Waals surface area (Å²) in [5.41, 5.74) is 4.73. The van der Waals surface area contributed by atoms with Crippen LogP contribution in [0.4, 0.5) is 0 Å². The van der Waals surface area contributed by atoms with E-state index in [0.29, 0.717) is 25.3 Å². The van der Waals surface area contributed by atoms with Gasteiger partial charge in [-0.25, -0.2) is 0 Å². The quantitative estimate of drug-likeness (QED) is 0.431. The zero-order chi connectivity index (χ0) is 22.2. The number of nitrogens with one attached hydrogen (secondary N) is 1. The van der Waals surface area contributed by atoms with E-state index in [2.05, 4.69) is 27.5 Å². The van der Waals surface area contributed by atoms with E-state index in [0.717, 1.165) is 34.6 Å². The first-order valence-corrected chi connectivity index (χ1v) is 10.7. The third-order valence-electron chi connectivity index (χ3n) is 5.21. The van der Waals surface area contributed by atoms with Crippen LogP contribution in [-0.4, -0.2) is 20.7 Å². The molecule has 0 aliphatic heterocycles. The molecule has 162 valence electrons. The number of carbonyl (C=O) groups is 1. The van der Waals surface area contributed by atoms with Gasteiger partial charge in [-0.15, -0.1) is 0 Å². The molecule has 0 unspecified atom stereocenters. The SMILES string of the molecule is CCc1c(C(=O)NCc2ccc(OCc3cccnc3)cc2)cnn1Cc1ccccc1. The summed E-state index contributed by atoms with van der Waals surface area (Å²) in [6.45, 7) is 3.60. The Morgan fingerprint density at radius 2 is 1.72 bits per heavy atom. The molecule has 0 radical (unpaired) electrons. The van der Waals surface area contributed by atoms with Gasteiger partial charge in [0.15, 0.2) is 0 Å². The highest BCUT2D eigenvalue weighted by molar-refractivity contribution is 5.95. The molecule has 0 spiro atoms. The molecule has 0 aliphatic carbocycles. The van der Waals surface area contributed by atoms with Gasteiger partial charge in [-0.05, 0) is 35.7 Å². The fraction of sp³-hybridized carbons (Fsp3) is 0.192. The van der Waals surface area contributed by atoms with Gasteiger partial charge < -0.3 is 10.1 Å². The zero-order valence-corrected chi connectivity index (χ0v) is 18.1. The van der Waals surface area contributed by atoms with Crippen LogP contribution in [0.25, 0.3) is 0 Å². The molecule has 6 heteroatoms. The zero-order valence-electron chi connectivity index (χ0n) is 18.1. The minimum atomic E-state index is -0.113. The van der Waals surface area contributed by atoms with Crippen LogP contribution in [0.1, 0.15) is 39.7 Å². The number of carbonyl (C=O) groups excluding carboxylic acids is 1. The van der Waals surface area contributed by atoms with Gasteiger partial charge in [-0.1, -0.05) is 55.5 Å². The van der Waals surface area contributed by atoms with Crippen molar-refractivity contribution in [2.24, 2.45) is 0 Å². The van der Waals surface area contributed by atoms with E-state index >= 15 is 0 Å². The first-order chi connectivity index (χ1) is 15.7. The molecule has 4 aromatic rings. The molecule has 2 heterocycles. The maximum absolute atomic E-state index is 12.8. The molecule has 0 saturated heterocycles. The van der Waals surface area contributed by atoms with E-state index in [9.17, 15) is 4.79 Å². The molecule has 0 fully saturated rings. The van der Waals surface area contributed by atoms with Crippen LogP contribution >= 0.6 is 0 Å². The monoisotopic (exact) mass is 426 g/mol. The molecule has 2 aromatic carbocycles. The van der Waals surface area contributed by atoms with Crippen LogP contribution in [-0.2, 0) is 26.1 Å². The van der Waals surface area contributed by atoms with Crippen LogP contribution < -0.4 is 10.1 Å². The molecule has 4 rings (SSSR count). The number of amides is 1. The van der Waals surface area contributed by atoms with Gasteiger partial charge in [-0.2, -0.15) is 5.10 Å². The van der Waals surface area contributed by atoms with Crippen LogP contribution in [0, 0.1) is 0 Å². The number of nitrogens with zero attached hydrogens (tertiary/aromatic N) is 3. The van der Waals surface area contributed by atoms with Gasteiger partial charge in [0.1, 0.15) is 12.4 Å². The van der Waals surface area contributed by atoms with Gasteiger partial charge in [0.2, 0.25) is 0 Å². The predicted octanol–water partition coefficient (Wildman–Crippen LogP) is 4.40. The smallest absolute Gasteiger partial charge is 0.255 e. The molecular formula is C26H26N4O2. The van der Waals surface area contributed by atoms with E-state index in [1.165, 1.54) is 0 Å². The fourth-order valence-electron chi connectivity index (χ4n) is 3.50. The normalized spacial score (nSPS) is 10.7. The Morgan fingerprint density at radius 3 is 2.44 bits per heavy atom. The van der Waals surface area contributed by atoms with Gasteiger partial charge in [0, 0.05) is 24.5 Å². The number of hydrogen-bond donors (Lipinski definition) is 1. The lowest BCUT2D eigenvalue weighted by atomic mass is 10.1. The predicted molar refractivity (Wildman–Crippen MR) is 123 cm³/mol. The van der Waals surface area contributed by atoms with Crippen molar-refractivity contribution in [3.63, 3.8) is 0 Å². The standard InChI is InChI=1S/C26H26N4O2/c1-2-25-24(17-29-30(25)18-21-7-4-3-5-8-21)26(31)28-16-20-10-12-23(13-11-20)32-19-22-9-6-14-27-15-22/h3-15,17H,2,16,18-19H2,1H3,(H,28,31). The number of benzene rings is 2. The van der Waals surface area contributed by atoms with Crippen molar-refractivity contribution in [3.8, 4) is 5.75 Å². The maximum atomic E-state index is 12.8. The summed E-state index contributed by atoms with van der Waals surface area (Å²) in [6.07, 6.45) is 5.92. The lowest BCUT2D eigenvalue weighted by Crippen LogP contribution is -2.24. The number of hydrogen-bond acceptors (Lipinski definition) is 4. The molecule has 0 atom stereocenters. The lowest BCUT2D eigenvalue weighted by molar-refractivity contribution is 0.0950. The molecule has 2 aromatic heterocycles. The van der Waals surface area contributed by atoms with Crippen molar-refractivity contribution < 1.29 is 9.53 Å². The van der Waals surface area contributed by atoms with Crippen molar-refractivity contribution in [1.29, 1.82) is 0 Å². The number of aromatic nitrogens is 3. The Hall–Kier alpha value is -3.93. The largest absolute Gasteiger partial charge is 0.489 e. The Labute approximate surface area is 187 Å². The summed E-state index contributed by atoms with van der Waals surface area (Å²) >= 11 is 0. The molecule has 1 amide bonds. The van der Waals surface area contributed by atoms with Crippen molar-refractivity contribution in [2.45, 2.75) is 33.0 Å². The fourth-order valence-corrected chi connectivity index (χ4v) is 3.50. The van der Waals surface area contributed by atoms with Crippen LogP contribution in [0.3, 0.4) is 0 Å². The van der Waals surface area contributed by atoms with Crippen molar-refractivity contribution in [1.82, 2.24) is 20.1 Å². The Morgan fingerprint density at radius 1 is 0.938 bits per heavy atom. The molecule has 0 aliphatic rings. The summed E-state index contributed by atoms with van der Waals surface area (Å²) in [4.78, 5) is 16.9. The topological polar surface area (TPSA) is 69.0 Å². The van der Waals surface area contributed by atoms with E-state index < -0.39 is 0 Å². The first-order valence-electron chi connectivity index (χ1n) is 10.7. The van der Waals surface area contributed by atoms with Crippen LogP contribution in [0.5, 0.6) is 5.75 Å². The second-order valence-corrected chi connectivity index (χ2v) is 7.48. The Kier molecular flexibility index (Phi) is 6.92. The average molecular weight is 427 g/mol. The number of pyridine rings is 1. The van der Waals surface area contributed by atoms with Crippen molar-refractivity contribution in [2.75, 3.05) is 0 Å². The van der Waals surface area contributed by atoms with E-state index in [4.69, 9.17) is 4.74 Å². The Balaban J connectivity index is 1.33. The Bertz CT molecular complexity index is 1140. The minimum Gasteiger partial charge on any atom is -0.489 e. The summed E-state index contributed by atoms with van der Waals surface area (Å²) in [5, 5.41) is 7.45. The highest BCUT2D eigenvalue weighted by Gasteiger charge is 2.16. The summed E-state index contributed by atoms with van der Waals surface area (Å²) in [5.74, 6) is 0.664. The van der Waals surface area contributed by atoms with E-state index in [1.54, 1.807) is 18.6 Å². The highest BCUT2D eigenvalue weighted by atomic mass is 16.5. The van der Waals surface area contributed by atoms with E-state index in [1.807, 2.05) is 66.2 Å². The van der Waals surface area contributed by atoms with E-state index in [-0.39, 0.29) is 5.91 Å². The van der Waals surface area contributed by atoms with Gasteiger partial charge in [0.25, 0.3) is 5.91 Å². The second-order valence-electron chi connectivity index (χ2n) is 7.48. The first kappa shape index (κ1) is 21.3. The molecule has 32 heavy (non-hydrogen) atoms. The van der Waals surface area contributed by atoms with Gasteiger partial charge in [-0.3, -0.25) is 14.5 Å².